The molecule has 2 heterocycles. The van der Waals surface area contributed by atoms with Crippen LogP contribution in [0.4, 0.5) is 0 Å². The summed E-state index contributed by atoms with van der Waals surface area (Å²) in [6.45, 7) is 5.46. The molecule has 114 valence electrons. The maximum atomic E-state index is 6.07. The third kappa shape index (κ3) is 3.84. The van der Waals surface area contributed by atoms with Gasteiger partial charge < -0.3 is 5.73 Å². The molecule has 2 atom stereocenters. The van der Waals surface area contributed by atoms with Crippen LogP contribution in [0.2, 0.25) is 0 Å². The molecule has 0 radical (unpaired) electrons. The van der Waals surface area contributed by atoms with E-state index in [-0.39, 0.29) is 12.4 Å². The Bertz CT molecular complexity index is 538. The van der Waals surface area contributed by atoms with E-state index in [9.17, 15) is 0 Å². The zero-order valence-electron chi connectivity index (χ0n) is 12.4. The molecule has 0 spiro atoms. The van der Waals surface area contributed by atoms with E-state index in [0.717, 1.165) is 31.7 Å². The smallest absolute Gasteiger partial charge is 0.0645 e. The van der Waals surface area contributed by atoms with E-state index in [4.69, 9.17) is 5.73 Å². The zero-order valence-corrected chi connectivity index (χ0v) is 13.2. The second-order valence-electron chi connectivity index (χ2n) is 5.78. The van der Waals surface area contributed by atoms with Crippen molar-refractivity contribution in [3.8, 4) is 5.69 Å². The fraction of sp³-hybridized carbons (Fsp3) is 0.438. The minimum absolute atomic E-state index is 0. The summed E-state index contributed by atoms with van der Waals surface area (Å²) in [4.78, 5) is 2.50. The van der Waals surface area contributed by atoms with Gasteiger partial charge in [-0.05, 0) is 42.6 Å². The van der Waals surface area contributed by atoms with Crippen LogP contribution in [-0.4, -0.2) is 33.8 Å². The SMILES string of the molecule is CC1CN(Cc2ccc(-n3cccn3)cc2)CCC1N.Cl. The maximum Gasteiger partial charge on any atom is 0.0645 e. The molecular weight excluding hydrogens is 284 g/mol. The Morgan fingerprint density at radius 2 is 2.05 bits per heavy atom. The van der Waals surface area contributed by atoms with Crippen LogP contribution < -0.4 is 5.73 Å². The summed E-state index contributed by atoms with van der Waals surface area (Å²) in [7, 11) is 0. The summed E-state index contributed by atoms with van der Waals surface area (Å²) in [5.74, 6) is 0.590. The van der Waals surface area contributed by atoms with Crippen molar-refractivity contribution >= 4 is 12.4 Å². The molecular formula is C16H23ClN4. The van der Waals surface area contributed by atoms with E-state index in [1.54, 1.807) is 6.20 Å². The first-order chi connectivity index (χ1) is 9.72. The molecule has 1 saturated heterocycles. The molecule has 5 heteroatoms. The van der Waals surface area contributed by atoms with Crippen molar-refractivity contribution in [1.82, 2.24) is 14.7 Å². The third-order valence-electron chi connectivity index (χ3n) is 4.17. The van der Waals surface area contributed by atoms with Gasteiger partial charge in [-0.3, -0.25) is 4.90 Å². The summed E-state index contributed by atoms with van der Waals surface area (Å²) in [5, 5.41) is 4.24. The Kier molecular flexibility index (Phi) is 5.39. The number of rotatable bonds is 3. The number of hydrogen-bond donors (Lipinski definition) is 1. The molecule has 1 fully saturated rings. The lowest BCUT2D eigenvalue weighted by Gasteiger charge is -2.35. The average molecular weight is 307 g/mol. The predicted molar refractivity (Wildman–Crippen MR) is 87.8 cm³/mol. The molecule has 0 aliphatic carbocycles. The monoisotopic (exact) mass is 306 g/mol. The standard InChI is InChI=1S/C16H22N4.ClH/c1-13-11-19(10-7-16(13)17)12-14-3-5-15(6-4-14)20-9-2-8-18-20;/h2-6,8-9,13,16H,7,10-12,17H2,1H3;1H. The van der Waals surface area contributed by atoms with Crippen LogP contribution >= 0.6 is 12.4 Å². The quantitative estimate of drug-likeness (QED) is 0.947. The minimum Gasteiger partial charge on any atom is -0.327 e. The van der Waals surface area contributed by atoms with Gasteiger partial charge in [0.05, 0.1) is 5.69 Å². The first-order valence-corrected chi connectivity index (χ1v) is 7.29. The van der Waals surface area contributed by atoms with Gasteiger partial charge in [0.2, 0.25) is 0 Å². The molecule has 0 bridgehead atoms. The number of halogens is 1. The molecule has 1 aromatic carbocycles. The van der Waals surface area contributed by atoms with Gasteiger partial charge in [-0.2, -0.15) is 5.10 Å². The number of piperidine rings is 1. The van der Waals surface area contributed by atoms with Gasteiger partial charge in [-0.1, -0.05) is 19.1 Å². The fourth-order valence-corrected chi connectivity index (χ4v) is 2.83. The van der Waals surface area contributed by atoms with E-state index in [1.807, 2.05) is 16.9 Å². The highest BCUT2D eigenvalue weighted by molar-refractivity contribution is 5.85. The van der Waals surface area contributed by atoms with Crippen LogP contribution in [0.5, 0.6) is 0 Å². The molecule has 21 heavy (non-hydrogen) atoms. The Labute approximate surface area is 132 Å². The van der Waals surface area contributed by atoms with Crippen molar-refractivity contribution in [2.24, 2.45) is 11.7 Å². The van der Waals surface area contributed by atoms with Gasteiger partial charge in [0.15, 0.2) is 0 Å². The maximum absolute atomic E-state index is 6.07. The fourth-order valence-electron chi connectivity index (χ4n) is 2.83. The molecule has 0 saturated carbocycles. The van der Waals surface area contributed by atoms with Crippen molar-refractivity contribution in [2.75, 3.05) is 13.1 Å². The van der Waals surface area contributed by atoms with Crippen molar-refractivity contribution < 1.29 is 0 Å². The Hall–Kier alpha value is -1.36. The molecule has 0 amide bonds. The number of likely N-dealkylation sites (tertiary alicyclic amines) is 1. The van der Waals surface area contributed by atoms with E-state index in [1.165, 1.54) is 5.56 Å². The second kappa shape index (κ2) is 7.07. The van der Waals surface area contributed by atoms with Crippen molar-refractivity contribution in [3.05, 3.63) is 48.3 Å². The van der Waals surface area contributed by atoms with Crippen LogP contribution in [0.3, 0.4) is 0 Å². The van der Waals surface area contributed by atoms with Gasteiger partial charge in [-0.15, -0.1) is 12.4 Å². The number of nitrogens with two attached hydrogens (primary N) is 1. The van der Waals surface area contributed by atoms with Crippen LogP contribution in [0.25, 0.3) is 5.69 Å². The van der Waals surface area contributed by atoms with E-state index >= 15 is 0 Å². The van der Waals surface area contributed by atoms with Crippen molar-refractivity contribution in [2.45, 2.75) is 25.9 Å². The zero-order chi connectivity index (χ0) is 13.9. The largest absolute Gasteiger partial charge is 0.327 e. The third-order valence-corrected chi connectivity index (χ3v) is 4.17. The molecule has 2 aromatic rings. The van der Waals surface area contributed by atoms with Gasteiger partial charge in [0.1, 0.15) is 0 Å². The molecule has 2 N–H and O–H groups in total. The Balaban J connectivity index is 0.00000161. The Morgan fingerprint density at radius 1 is 1.29 bits per heavy atom. The number of benzene rings is 1. The number of nitrogens with zero attached hydrogens (tertiary/aromatic N) is 3. The van der Waals surface area contributed by atoms with Gasteiger partial charge >= 0.3 is 0 Å². The average Bonchev–Trinajstić information content (AvgIpc) is 2.98. The summed E-state index contributed by atoms with van der Waals surface area (Å²) in [6, 6.07) is 10.9. The molecule has 1 aliphatic rings. The van der Waals surface area contributed by atoms with Crippen LogP contribution in [-0.2, 0) is 6.54 Å². The molecule has 1 aromatic heterocycles. The molecule has 1 aliphatic heterocycles. The number of hydrogen-bond acceptors (Lipinski definition) is 3. The first kappa shape index (κ1) is 16.0. The summed E-state index contributed by atoms with van der Waals surface area (Å²) in [5.41, 5.74) is 8.53. The predicted octanol–water partition coefficient (Wildman–Crippen LogP) is 2.46. The Morgan fingerprint density at radius 3 is 2.67 bits per heavy atom. The summed E-state index contributed by atoms with van der Waals surface area (Å²) < 4.78 is 1.88. The van der Waals surface area contributed by atoms with Crippen LogP contribution in [0.1, 0.15) is 18.9 Å². The van der Waals surface area contributed by atoms with E-state index < -0.39 is 0 Å². The lowest BCUT2D eigenvalue weighted by Crippen LogP contribution is -2.45. The van der Waals surface area contributed by atoms with Crippen molar-refractivity contribution in [1.29, 1.82) is 0 Å². The lowest BCUT2D eigenvalue weighted by atomic mass is 9.94. The van der Waals surface area contributed by atoms with Crippen molar-refractivity contribution in [3.63, 3.8) is 0 Å². The summed E-state index contributed by atoms with van der Waals surface area (Å²) in [6.07, 6.45) is 4.86. The highest BCUT2D eigenvalue weighted by atomic mass is 35.5. The van der Waals surface area contributed by atoms with Gasteiger partial charge in [-0.25, -0.2) is 4.68 Å². The molecule has 4 nitrogen and oxygen atoms in total. The molecule has 2 unspecified atom stereocenters. The topological polar surface area (TPSA) is 47.1 Å². The highest BCUT2D eigenvalue weighted by Crippen LogP contribution is 2.18. The normalized spacial score (nSPS) is 22.8. The molecule has 3 rings (SSSR count). The minimum atomic E-state index is 0. The van der Waals surface area contributed by atoms with Crippen LogP contribution in [0.15, 0.2) is 42.7 Å². The lowest BCUT2D eigenvalue weighted by molar-refractivity contribution is 0.158. The van der Waals surface area contributed by atoms with E-state index in [0.29, 0.717) is 12.0 Å². The summed E-state index contributed by atoms with van der Waals surface area (Å²) >= 11 is 0. The van der Waals surface area contributed by atoms with Gasteiger partial charge in [0.25, 0.3) is 0 Å². The van der Waals surface area contributed by atoms with E-state index in [2.05, 4.69) is 41.2 Å². The second-order valence-corrected chi connectivity index (χ2v) is 5.78. The number of aromatic nitrogens is 2. The van der Waals surface area contributed by atoms with Crippen LogP contribution in [0, 0.1) is 5.92 Å². The highest BCUT2D eigenvalue weighted by Gasteiger charge is 2.22. The first-order valence-electron chi connectivity index (χ1n) is 7.29. The van der Waals surface area contributed by atoms with Gasteiger partial charge in [0, 0.05) is 31.5 Å².